The highest BCUT2D eigenvalue weighted by Gasteiger charge is 2.31. The number of ether oxygens (including phenoxy) is 2. The summed E-state index contributed by atoms with van der Waals surface area (Å²) < 4.78 is 12.9. The summed E-state index contributed by atoms with van der Waals surface area (Å²) in [7, 11) is 0. The van der Waals surface area contributed by atoms with Gasteiger partial charge in [-0.2, -0.15) is 5.10 Å². The lowest BCUT2D eigenvalue weighted by atomic mass is 9.96. The molecular formula is C12H17BrN2O3. The Labute approximate surface area is 115 Å². The Morgan fingerprint density at radius 1 is 1.67 bits per heavy atom. The van der Waals surface area contributed by atoms with Crippen LogP contribution < -0.4 is 4.74 Å². The van der Waals surface area contributed by atoms with Crippen molar-refractivity contribution < 1.29 is 14.3 Å². The maximum atomic E-state index is 11.8. The monoisotopic (exact) mass is 316 g/mol. The Bertz CT molecular complexity index is 456. The molecular weight excluding hydrogens is 300 g/mol. The third-order valence-corrected chi connectivity index (χ3v) is 3.68. The van der Waals surface area contributed by atoms with Crippen molar-refractivity contribution in [2.24, 2.45) is 11.8 Å². The smallest absolute Gasteiger partial charge is 0.346 e. The second-order valence-electron chi connectivity index (χ2n) is 4.69. The molecule has 0 bridgehead atoms. The van der Waals surface area contributed by atoms with Gasteiger partial charge in [0.2, 0.25) is 5.88 Å². The highest BCUT2D eigenvalue weighted by molar-refractivity contribution is 9.10. The van der Waals surface area contributed by atoms with Crippen LogP contribution in [-0.2, 0) is 11.3 Å². The van der Waals surface area contributed by atoms with Gasteiger partial charge in [-0.05, 0) is 28.8 Å². The molecule has 1 aromatic rings. The number of nitrogens with zero attached hydrogens (tertiary/aromatic N) is 2. The first-order chi connectivity index (χ1) is 8.54. The van der Waals surface area contributed by atoms with Crippen LogP contribution in [0.5, 0.6) is 5.88 Å². The lowest BCUT2D eigenvalue weighted by Gasteiger charge is -2.26. The first-order valence-electron chi connectivity index (χ1n) is 6.10. The van der Waals surface area contributed by atoms with Crippen LogP contribution in [0.25, 0.3) is 0 Å². The van der Waals surface area contributed by atoms with E-state index in [9.17, 15) is 4.79 Å². The maximum Gasteiger partial charge on any atom is 0.346 e. The molecule has 18 heavy (non-hydrogen) atoms. The van der Waals surface area contributed by atoms with Crippen LogP contribution in [0, 0.1) is 11.8 Å². The molecule has 0 saturated carbocycles. The Balaban J connectivity index is 2.29. The Kier molecular flexibility index (Phi) is 3.94. The summed E-state index contributed by atoms with van der Waals surface area (Å²) in [6, 6.07) is 0. The highest BCUT2D eigenvalue weighted by atomic mass is 79.9. The minimum atomic E-state index is -0.395. The van der Waals surface area contributed by atoms with E-state index in [-0.39, 0.29) is 0 Å². The molecule has 1 aromatic heterocycles. The number of carbonyl (C=O) groups excluding carboxylic acids is 1. The van der Waals surface area contributed by atoms with Crippen molar-refractivity contribution in [2.45, 2.75) is 27.3 Å². The number of esters is 1. The van der Waals surface area contributed by atoms with Crippen LogP contribution in [0.3, 0.4) is 0 Å². The van der Waals surface area contributed by atoms with Gasteiger partial charge < -0.3 is 9.47 Å². The molecule has 0 radical (unpaired) electrons. The summed E-state index contributed by atoms with van der Waals surface area (Å²) >= 11 is 3.29. The zero-order valence-electron chi connectivity index (χ0n) is 10.8. The van der Waals surface area contributed by atoms with Crippen LogP contribution in [-0.4, -0.2) is 29.0 Å². The van der Waals surface area contributed by atoms with E-state index in [4.69, 9.17) is 9.47 Å². The first kappa shape index (κ1) is 13.4. The van der Waals surface area contributed by atoms with Crippen LogP contribution in [0.4, 0.5) is 0 Å². The predicted octanol–water partition coefficient (Wildman–Crippen LogP) is 2.49. The average Bonchev–Trinajstić information content (AvgIpc) is 2.63. The van der Waals surface area contributed by atoms with E-state index < -0.39 is 5.97 Å². The van der Waals surface area contributed by atoms with Gasteiger partial charge in [-0.3, -0.25) is 0 Å². The Morgan fingerprint density at radius 3 is 3.00 bits per heavy atom. The summed E-state index contributed by atoms with van der Waals surface area (Å²) in [4.78, 5) is 11.8. The summed E-state index contributed by atoms with van der Waals surface area (Å²) in [6.07, 6.45) is 0. The molecule has 1 unspecified atom stereocenters. The quantitative estimate of drug-likeness (QED) is 0.804. The summed E-state index contributed by atoms with van der Waals surface area (Å²) in [5, 5.41) is 4.29. The number of hydrogen-bond acceptors (Lipinski definition) is 4. The fourth-order valence-corrected chi connectivity index (χ4v) is 2.45. The summed E-state index contributed by atoms with van der Waals surface area (Å²) in [6.45, 7) is 7.81. The van der Waals surface area contributed by atoms with Crippen LogP contribution in [0.2, 0.25) is 0 Å². The molecule has 1 atom stereocenters. The highest BCUT2D eigenvalue weighted by Crippen LogP contribution is 2.32. The van der Waals surface area contributed by atoms with E-state index in [0.717, 1.165) is 6.54 Å². The van der Waals surface area contributed by atoms with Gasteiger partial charge >= 0.3 is 5.97 Å². The van der Waals surface area contributed by atoms with Crippen LogP contribution >= 0.6 is 15.9 Å². The number of fused-ring (bicyclic) bond motifs is 1. The molecule has 5 nitrogen and oxygen atoms in total. The average molecular weight is 317 g/mol. The molecule has 0 fully saturated rings. The number of hydrogen-bond donors (Lipinski definition) is 0. The van der Waals surface area contributed by atoms with Gasteiger partial charge in [-0.1, -0.05) is 13.8 Å². The lowest BCUT2D eigenvalue weighted by Crippen LogP contribution is -2.30. The van der Waals surface area contributed by atoms with Gasteiger partial charge in [0.05, 0.1) is 19.8 Å². The van der Waals surface area contributed by atoms with Crippen molar-refractivity contribution >= 4 is 21.9 Å². The zero-order chi connectivity index (χ0) is 13.3. The Hall–Kier alpha value is -1.04. The maximum absolute atomic E-state index is 11.8. The molecule has 2 rings (SSSR count). The fraction of sp³-hybridized carbons (Fsp3) is 0.667. The number of rotatable bonds is 3. The predicted molar refractivity (Wildman–Crippen MR) is 69.7 cm³/mol. The van der Waals surface area contributed by atoms with Gasteiger partial charge in [-0.25, -0.2) is 9.48 Å². The second-order valence-corrected chi connectivity index (χ2v) is 5.44. The molecule has 0 aromatic carbocycles. The van der Waals surface area contributed by atoms with Crippen molar-refractivity contribution in [3.8, 4) is 5.88 Å². The van der Waals surface area contributed by atoms with E-state index in [1.165, 1.54) is 0 Å². The SMILES string of the molecule is CCOC(=O)c1c(Br)nn2c1OCC(C(C)C)C2. The van der Waals surface area contributed by atoms with Gasteiger partial charge in [0, 0.05) is 5.92 Å². The molecule has 0 saturated heterocycles. The number of aromatic nitrogens is 2. The van der Waals surface area contributed by atoms with Crippen LogP contribution in [0.15, 0.2) is 4.60 Å². The standard InChI is InChI=1S/C12H17BrN2O3/c1-4-17-12(16)9-10(13)14-15-5-8(7(2)3)6-18-11(9)15/h7-8H,4-6H2,1-3H3. The van der Waals surface area contributed by atoms with E-state index >= 15 is 0 Å². The summed E-state index contributed by atoms with van der Waals surface area (Å²) in [5.41, 5.74) is 0.388. The van der Waals surface area contributed by atoms with Crippen molar-refractivity contribution in [3.05, 3.63) is 10.2 Å². The molecule has 1 aliphatic rings. The normalized spacial score (nSPS) is 18.4. The van der Waals surface area contributed by atoms with Gasteiger partial charge in [0.1, 0.15) is 4.60 Å². The fourth-order valence-electron chi connectivity index (χ4n) is 1.93. The molecule has 0 N–H and O–H groups in total. The minimum Gasteiger partial charge on any atom is -0.477 e. The van der Waals surface area contributed by atoms with Crippen molar-refractivity contribution in [1.29, 1.82) is 0 Å². The molecule has 0 aliphatic carbocycles. The van der Waals surface area contributed by atoms with Gasteiger partial charge in [0.25, 0.3) is 0 Å². The van der Waals surface area contributed by atoms with Crippen molar-refractivity contribution in [3.63, 3.8) is 0 Å². The molecule has 100 valence electrons. The Morgan fingerprint density at radius 2 is 2.39 bits per heavy atom. The molecule has 0 spiro atoms. The third kappa shape index (κ3) is 2.39. The third-order valence-electron chi connectivity index (χ3n) is 3.13. The minimum absolute atomic E-state index is 0.338. The zero-order valence-corrected chi connectivity index (χ0v) is 12.4. The largest absolute Gasteiger partial charge is 0.477 e. The molecule has 0 amide bonds. The number of halogens is 1. The van der Waals surface area contributed by atoms with E-state index in [1.54, 1.807) is 11.6 Å². The summed E-state index contributed by atoms with van der Waals surface area (Å²) in [5.74, 6) is 1.05. The van der Waals surface area contributed by atoms with Crippen LogP contribution in [0.1, 0.15) is 31.1 Å². The van der Waals surface area contributed by atoms with E-state index in [0.29, 0.717) is 41.1 Å². The number of carbonyl (C=O) groups is 1. The van der Waals surface area contributed by atoms with Gasteiger partial charge in [0.15, 0.2) is 5.56 Å². The van der Waals surface area contributed by atoms with Crippen molar-refractivity contribution in [2.75, 3.05) is 13.2 Å². The molecule has 1 aliphatic heterocycles. The topological polar surface area (TPSA) is 53.3 Å². The van der Waals surface area contributed by atoms with Gasteiger partial charge in [-0.15, -0.1) is 0 Å². The molecule has 6 heteroatoms. The second kappa shape index (κ2) is 5.30. The van der Waals surface area contributed by atoms with E-state index in [2.05, 4.69) is 34.9 Å². The lowest BCUT2D eigenvalue weighted by molar-refractivity contribution is 0.0513. The first-order valence-corrected chi connectivity index (χ1v) is 6.90. The molecule has 2 heterocycles. The van der Waals surface area contributed by atoms with E-state index in [1.807, 2.05) is 0 Å². The van der Waals surface area contributed by atoms with Crippen molar-refractivity contribution in [1.82, 2.24) is 9.78 Å².